The van der Waals surface area contributed by atoms with Crippen molar-refractivity contribution in [1.82, 2.24) is 0 Å². The summed E-state index contributed by atoms with van der Waals surface area (Å²) in [6, 6.07) is 49.3. The van der Waals surface area contributed by atoms with Crippen LogP contribution in [0.5, 0.6) is 0 Å². The summed E-state index contributed by atoms with van der Waals surface area (Å²) in [5, 5.41) is 1.51. The predicted octanol–water partition coefficient (Wildman–Crippen LogP) is -0.727. The van der Waals surface area contributed by atoms with Crippen LogP contribution in [0.3, 0.4) is 0 Å². The van der Waals surface area contributed by atoms with Crippen LogP contribution in [0.2, 0.25) is 0 Å². The number of carbonyl (C=O) groups is 1. The molecule has 0 amide bonds. The van der Waals surface area contributed by atoms with Crippen LogP contribution in [-0.2, 0) is 12.9 Å². The second-order valence-corrected chi connectivity index (χ2v) is 23.4. The molecule has 0 aliphatic heterocycles. The molecule has 0 fully saturated rings. The first-order valence-electron chi connectivity index (χ1n) is 15.9. The van der Waals surface area contributed by atoms with Crippen molar-refractivity contribution in [3.05, 3.63) is 182 Å². The molecule has 0 aliphatic carbocycles. The van der Waals surface area contributed by atoms with Crippen LogP contribution in [0.1, 0.15) is 0 Å². The van der Waals surface area contributed by atoms with Gasteiger partial charge in [-0.3, -0.25) is 0 Å². The molecule has 9 nitrogen and oxygen atoms in total. The molecule has 0 spiro atoms. The molecule has 13 heteroatoms. The van der Waals surface area contributed by atoms with Crippen molar-refractivity contribution in [2.24, 2.45) is 0 Å². The molecule has 0 unspecified atom stereocenters. The molecule has 6 aromatic rings. The number of rotatable bonds is 14. The SMILES string of the molecule is O=C(CP(O[Cl+3]([O-])([O-])[O-])(c1ccccc1)(c1ccccc1)c1ccccc1)CP(O[Cl+3]([O-])([O-])[O-])(c1ccccc1)(c1ccccc1)c1ccccc1. The zero-order chi connectivity index (χ0) is 37.0. The van der Waals surface area contributed by atoms with E-state index in [0.717, 1.165) is 0 Å². The van der Waals surface area contributed by atoms with Gasteiger partial charge in [-0.15, -0.1) is 0 Å². The van der Waals surface area contributed by atoms with E-state index in [1.165, 1.54) is 0 Å². The Hall–Kier alpha value is -3.89. The molecule has 0 N–H and O–H groups in total. The number of hydrogen-bond donors (Lipinski definition) is 0. The van der Waals surface area contributed by atoms with Crippen LogP contribution in [0.4, 0.5) is 0 Å². The number of Topliss-reactive ketones (excluding diaryl/α,β-unsaturated/α-hetero) is 1. The van der Waals surface area contributed by atoms with Gasteiger partial charge in [-0.2, -0.15) is 0 Å². The first-order valence-corrected chi connectivity index (χ1v) is 23.1. The molecule has 0 aromatic heterocycles. The van der Waals surface area contributed by atoms with Gasteiger partial charge in [0, 0.05) is 0 Å². The quantitative estimate of drug-likeness (QED) is 0.129. The molecular weight excluding hydrogens is 745 g/mol. The number of ketones is 1. The molecule has 0 radical (unpaired) electrons. The fourth-order valence-corrected chi connectivity index (χ4v) is 22.0. The van der Waals surface area contributed by atoms with Crippen LogP contribution in [-0.4, -0.2) is 18.1 Å². The Morgan fingerprint density at radius 3 is 0.692 bits per heavy atom. The minimum atomic E-state index is -5.24. The van der Waals surface area contributed by atoms with Gasteiger partial charge in [-0.25, -0.2) is 0 Å². The predicted molar refractivity (Wildman–Crippen MR) is 187 cm³/mol. The summed E-state index contributed by atoms with van der Waals surface area (Å²) in [6.07, 6.45) is -1.47. The van der Waals surface area contributed by atoms with Crippen molar-refractivity contribution < 1.29 is 61.4 Å². The van der Waals surface area contributed by atoms with Gasteiger partial charge in [0.05, 0.1) is 0 Å². The monoisotopic (exact) mass is 778 g/mol. The van der Waals surface area contributed by atoms with E-state index in [2.05, 4.69) is 0 Å². The molecular formula is C39H34Cl2O9P2. The molecule has 6 rings (SSSR count). The average Bonchev–Trinajstić information content (AvgIpc) is 3.15. The van der Waals surface area contributed by atoms with E-state index in [1.54, 1.807) is 182 Å². The topological polar surface area (TPSA) is 174 Å². The van der Waals surface area contributed by atoms with Crippen molar-refractivity contribution in [2.45, 2.75) is 0 Å². The van der Waals surface area contributed by atoms with Crippen molar-refractivity contribution in [3.8, 4) is 0 Å². The summed E-state index contributed by atoms with van der Waals surface area (Å²) < 4.78 is 90.8. The third-order valence-electron chi connectivity index (χ3n) is 9.24. The summed E-state index contributed by atoms with van der Waals surface area (Å²) in [7, 11) is -10.5. The Morgan fingerprint density at radius 2 is 0.538 bits per heavy atom. The third kappa shape index (κ3) is 6.73. The molecule has 0 aliphatic rings. The van der Waals surface area contributed by atoms with Gasteiger partial charge >= 0.3 is 307 Å². The molecule has 0 saturated carbocycles. The average molecular weight is 780 g/mol. The molecule has 52 heavy (non-hydrogen) atoms. The van der Waals surface area contributed by atoms with E-state index in [1.807, 2.05) is 0 Å². The fourth-order valence-electron chi connectivity index (χ4n) is 7.29. The van der Waals surface area contributed by atoms with Crippen molar-refractivity contribution >= 4 is 51.3 Å². The first kappa shape index (κ1) is 37.9. The summed E-state index contributed by atoms with van der Waals surface area (Å²) in [5.41, 5.74) is 0. The minimum absolute atomic E-state index is 0.251. The standard InChI is InChI=1S/C39H34Cl2O9P2/c42-33(31-51(49-40(43,44)45,34-19-7-1-8-20-34,35-21-9-2-10-22-35)36-23-11-3-12-24-36)32-52(50-41(46,47)48,37-25-13-4-14-26-37,38-27-15-5-16-28-38)39-29-17-6-18-30-39/h1-30H,31-32H2. The van der Waals surface area contributed by atoms with E-state index >= 15 is 4.79 Å². The molecule has 6 aromatic carbocycles. The first-order chi connectivity index (χ1) is 24.8. The van der Waals surface area contributed by atoms with Crippen molar-refractivity contribution in [2.75, 3.05) is 12.3 Å². The Balaban J connectivity index is 1.75. The number of benzene rings is 6. The van der Waals surface area contributed by atoms with Crippen LogP contribution in [0.15, 0.2) is 182 Å². The van der Waals surface area contributed by atoms with E-state index in [0.29, 0.717) is 0 Å². The van der Waals surface area contributed by atoms with E-state index in [4.69, 9.17) is 8.15 Å². The fraction of sp³-hybridized carbons (Fsp3) is 0.0513. The van der Waals surface area contributed by atoms with Crippen molar-refractivity contribution in [1.29, 1.82) is 0 Å². The zero-order valence-electron chi connectivity index (χ0n) is 27.6. The van der Waals surface area contributed by atoms with Crippen LogP contribution in [0, 0.1) is 20.5 Å². The van der Waals surface area contributed by atoms with Gasteiger partial charge in [0.1, 0.15) is 0 Å². The molecule has 0 heterocycles. The maximum atomic E-state index is 15.6. The maximum absolute atomic E-state index is 15.6. The zero-order valence-corrected chi connectivity index (χ0v) is 30.9. The summed E-state index contributed by atoms with van der Waals surface area (Å²) in [5.74, 6) is -0.735. The second kappa shape index (κ2) is 14.5. The van der Waals surface area contributed by atoms with Crippen LogP contribution < -0.4 is 59.8 Å². The van der Waals surface area contributed by atoms with Gasteiger partial charge in [0.2, 0.25) is 0 Å². The molecule has 0 atom stereocenters. The summed E-state index contributed by atoms with van der Waals surface area (Å²) >= 11 is 0. The van der Waals surface area contributed by atoms with Gasteiger partial charge in [-0.05, 0) is 0 Å². The Labute approximate surface area is 305 Å². The van der Waals surface area contributed by atoms with E-state index in [-0.39, 0.29) is 31.8 Å². The van der Waals surface area contributed by atoms with Gasteiger partial charge in [0.25, 0.3) is 0 Å². The second-order valence-electron chi connectivity index (χ2n) is 12.2. The molecule has 0 bridgehead atoms. The molecule has 0 saturated heterocycles. The van der Waals surface area contributed by atoms with Crippen LogP contribution in [0.25, 0.3) is 0 Å². The van der Waals surface area contributed by atoms with E-state index in [9.17, 15) is 28.0 Å². The van der Waals surface area contributed by atoms with Gasteiger partial charge in [-0.1, -0.05) is 0 Å². The number of hydrogen-bond acceptors (Lipinski definition) is 9. The Bertz CT molecular complexity index is 1750. The van der Waals surface area contributed by atoms with Crippen molar-refractivity contribution in [3.63, 3.8) is 0 Å². The normalized spacial score (nSPS) is 14.0. The summed E-state index contributed by atoms with van der Waals surface area (Å²) in [6.45, 7) is -10.5. The summed E-state index contributed by atoms with van der Waals surface area (Å²) in [4.78, 5) is 15.6. The van der Waals surface area contributed by atoms with Gasteiger partial charge < -0.3 is 0 Å². The molecule has 268 valence electrons. The number of halogens is 2. The number of carbonyl (C=O) groups excluding carboxylic acids is 1. The Morgan fingerprint density at radius 1 is 0.365 bits per heavy atom. The third-order valence-corrected chi connectivity index (χ3v) is 23.3. The van der Waals surface area contributed by atoms with E-state index < -0.39 is 52.3 Å². The van der Waals surface area contributed by atoms with Crippen LogP contribution >= 0.6 is 13.7 Å². The van der Waals surface area contributed by atoms with Gasteiger partial charge in [0.15, 0.2) is 0 Å². The Kier molecular flexibility index (Phi) is 10.6.